The largest absolute Gasteiger partial charge is 0.462 e. The molecule has 1 fully saturated rings. The van der Waals surface area contributed by atoms with Crippen molar-refractivity contribution in [1.29, 1.82) is 0 Å². The quantitative estimate of drug-likeness (QED) is 0.745. The Morgan fingerprint density at radius 2 is 2.00 bits per heavy atom. The minimum atomic E-state index is -0.161. The van der Waals surface area contributed by atoms with E-state index in [0.717, 1.165) is 32.1 Å². The molecule has 0 aliphatic heterocycles. The third-order valence-electron chi connectivity index (χ3n) is 6.45. The number of hydrogen-bond acceptors (Lipinski definition) is 3. The highest BCUT2D eigenvalue weighted by Crippen LogP contribution is 2.57. The Kier molecular flexibility index (Phi) is 3.36. The van der Waals surface area contributed by atoms with E-state index in [2.05, 4.69) is 19.1 Å². The number of Topliss-reactive ketones (excluding diaryl/α,β-unsaturated/α-hetero) is 1. The Morgan fingerprint density at radius 1 is 1.17 bits per heavy atom. The van der Waals surface area contributed by atoms with Gasteiger partial charge in [-0.3, -0.25) is 9.59 Å². The fourth-order valence-corrected chi connectivity index (χ4v) is 5.26. The van der Waals surface area contributed by atoms with Crippen LogP contribution in [0.4, 0.5) is 0 Å². The lowest BCUT2D eigenvalue weighted by Gasteiger charge is -2.42. The van der Waals surface area contributed by atoms with Crippen molar-refractivity contribution in [2.45, 2.75) is 70.8 Å². The molecule has 1 aromatic carbocycles. The maximum Gasteiger partial charge on any atom is 0.302 e. The molecule has 3 aliphatic rings. The summed E-state index contributed by atoms with van der Waals surface area (Å²) in [6.07, 6.45) is 6.46. The second-order valence-electron chi connectivity index (χ2n) is 7.72. The van der Waals surface area contributed by atoms with Crippen molar-refractivity contribution >= 4 is 11.8 Å². The van der Waals surface area contributed by atoms with Crippen molar-refractivity contribution in [1.82, 2.24) is 0 Å². The summed E-state index contributed by atoms with van der Waals surface area (Å²) < 4.78 is 5.64. The first kappa shape index (κ1) is 14.9. The highest BCUT2D eigenvalue weighted by molar-refractivity contribution is 5.83. The molecular weight excluding hydrogens is 288 g/mol. The average Bonchev–Trinajstić information content (AvgIpc) is 2.83. The Hall–Kier alpha value is -1.64. The van der Waals surface area contributed by atoms with Crippen LogP contribution in [-0.2, 0) is 33.6 Å². The number of carbonyl (C=O) groups is 2. The maximum absolute atomic E-state index is 11.7. The molecule has 1 aromatic rings. The third-order valence-corrected chi connectivity index (χ3v) is 6.45. The number of hydrogen-bond donors (Lipinski definition) is 0. The van der Waals surface area contributed by atoms with E-state index >= 15 is 0 Å². The van der Waals surface area contributed by atoms with Crippen LogP contribution in [0.25, 0.3) is 0 Å². The van der Waals surface area contributed by atoms with E-state index in [9.17, 15) is 9.59 Å². The second kappa shape index (κ2) is 5.19. The van der Waals surface area contributed by atoms with Gasteiger partial charge in [-0.1, -0.05) is 19.1 Å². The lowest BCUT2D eigenvalue weighted by atomic mass is 9.64. The van der Waals surface area contributed by atoms with Gasteiger partial charge in [-0.2, -0.15) is 0 Å². The summed E-state index contributed by atoms with van der Waals surface area (Å²) in [5.74, 6) is 0.694. The molecule has 0 saturated heterocycles. The first-order valence-electron chi connectivity index (χ1n) is 8.81. The zero-order valence-corrected chi connectivity index (χ0v) is 14.0. The molecule has 23 heavy (non-hydrogen) atoms. The minimum Gasteiger partial charge on any atom is -0.462 e. The first-order chi connectivity index (χ1) is 11.0. The molecule has 4 rings (SSSR count). The molecule has 0 bridgehead atoms. The lowest BCUT2D eigenvalue weighted by molar-refractivity contribution is -0.152. The minimum absolute atomic E-state index is 0.0516. The highest BCUT2D eigenvalue weighted by Gasteiger charge is 2.51. The van der Waals surface area contributed by atoms with Gasteiger partial charge in [0.05, 0.1) is 0 Å². The van der Waals surface area contributed by atoms with Gasteiger partial charge in [0.25, 0.3) is 0 Å². The number of benzene rings is 1. The predicted octanol–water partition coefficient (Wildman–Crippen LogP) is 3.51. The van der Waals surface area contributed by atoms with Gasteiger partial charge in [-0.25, -0.2) is 0 Å². The van der Waals surface area contributed by atoms with Crippen LogP contribution in [0.5, 0.6) is 0 Å². The molecule has 3 heteroatoms. The van der Waals surface area contributed by atoms with Crippen LogP contribution in [-0.4, -0.2) is 17.9 Å². The van der Waals surface area contributed by atoms with Crippen LogP contribution in [0.3, 0.4) is 0 Å². The molecule has 0 radical (unpaired) electrons. The van der Waals surface area contributed by atoms with Crippen molar-refractivity contribution in [2.24, 2.45) is 5.41 Å². The molecule has 2 unspecified atom stereocenters. The Labute approximate surface area is 137 Å². The Balaban J connectivity index is 1.72. The molecular formula is C20H24O3. The molecule has 0 spiro atoms. The van der Waals surface area contributed by atoms with Crippen LogP contribution in [0.2, 0.25) is 0 Å². The Morgan fingerprint density at radius 3 is 2.78 bits per heavy atom. The van der Waals surface area contributed by atoms with Crippen molar-refractivity contribution in [2.75, 3.05) is 0 Å². The monoisotopic (exact) mass is 312 g/mol. The average molecular weight is 312 g/mol. The molecule has 3 atom stereocenters. The number of ether oxygens (including phenoxy) is 1. The molecule has 0 aromatic heterocycles. The van der Waals surface area contributed by atoms with E-state index in [-0.39, 0.29) is 17.5 Å². The normalized spacial score (nSPS) is 32.0. The first-order valence-corrected chi connectivity index (χ1v) is 8.81. The Bertz CT molecular complexity index is 690. The predicted molar refractivity (Wildman–Crippen MR) is 87.4 cm³/mol. The second-order valence-corrected chi connectivity index (χ2v) is 7.72. The maximum atomic E-state index is 11.7. The molecule has 122 valence electrons. The fourth-order valence-electron chi connectivity index (χ4n) is 5.26. The molecule has 0 heterocycles. The summed E-state index contributed by atoms with van der Waals surface area (Å²) in [5, 5.41) is 0. The van der Waals surface area contributed by atoms with Gasteiger partial charge in [-0.05, 0) is 60.3 Å². The molecule has 1 saturated carbocycles. The molecule has 3 aliphatic carbocycles. The SMILES string of the molecule is CC(=O)O[C@H]1CCC2c3ccc4c(c3CCC21C)CCC(=O)C4. The third kappa shape index (κ3) is 2.24. The lowest BCUT2D eigenvalue weighted by Crippen LogP contribution is -2.38. The highest BCUT2D eigenvalue weighted by atomic mass is 16.5. The topological polar surface area (TPSA) is 43.4 Å². The van der Waals surface area contributed by atoms with Crippen LogP contribution in [0.1, 0.15) is 67.7 Å². The van der Waals surface area contributed by atoms with Crippen LogP contribution in [0.15, 0.2) is 12.1 Å². The summed E-state index contributed by atoms with van der Waals surface area (Å²) in [4.78, 5) is 23.2. The number of rotatable bonds is 1. The van der Waals surface area contributed by atoms with Gasteiger partial charge in [0.2, 0.25) is 0 Å². The summed E-state index contributed by atoms with van der Waals surface area (Å²) in [5.41, 5.74) is 5.72. The van der Waals surface area contributed by atoms with Crippen molar-refractivity contribution < 1.29 is 14.3 Å². The van der Waals surface area contributed by atoms with Crippen molar-refractivity contribution in [3.05, 3.63) is 34.4 Å². The number of ketones is 1. The summed E-state index contributed by atoms with van der Waals surface area (Å²) in [6.45, 7) is 3.81. The van der Waals surface area contributed by atoms with E-state index < -0.39 is 0 Å². The van der Waals surface area contributed by atoms with Crippen LogP contribution < -0.4 is 0 Å². The van der Waals surface area contributed by atoms with Crippen LogP contribution >= 0.6 is 0 Å². The van der Waals surface area contributed by atoms with Crippen LogP contribution in [0, 0.1) is 5.41 Å². The van der Waals surface area contributed by atoms with E-state index in [1.54, 1.807) is 0 Å². The van der Waals surface area contributed by atoms with E-state index in [0.29, 0.717) is 24.5 Å². The van der Waals surface area contributed by atoms with Gasteiger partial charge in [0.1, 0.15) is 11.9 Å². The summed E-state index contributed by atoms with van der Waals surface area (Å²) >= 11 is 0. The molecule has 3 nitrogen and oxygen atoms in total. The standard InChI is InChI=1S/C20H24O3/c1-12(21)23-19-8-7-18-17-5-3-13-11-14(22)4-6-15(13)16(17)9-10-20(18,19)2/h3,5,18-19H,4,6-11H2,1-2H3/t18?,19-,20?/m0/s1. The summed E-state index contributed by atoms with van der Waals surface area (Å²) in [7, 11) is 0. The van der Waals surface area contributed by atoms with E-state index in [4.69, 9.17) is 4.74 Å². The number of esters is 1. The van der Waals surface area contributed by atoms with Gasteiger partial charge in [0.15, 0.2) is 0 Å². The number of fused-ring (bicyclic) bond motifs is 5. The van der Waals surface area contributed by atoms with Crippen molar-refractivity contribution in [3.63, 3.8) is 0 Å². The van der Waals surface area contributed by atoms with Crippen molar-refractivity contribution in [3.8, 4) is 0 Å². The zero-order chi connectivity index (χ0) is 16.2. The van der Waals surface area contributed by atoms with E-state index in [1.165, 1.54) is 29.2 Å². The van der Waals surface area contributed by atoms with Gasteiger partial charge in [0, 0.05) is 25.2 Å². The molecule has 0 amide bonds. The zero-order valence-electron chi connectivity index (χ0n) is 14.0. The van der Waals surface area contributed by atoms with Gasteiger partial charge >= 0.3 is 5.97 Å². The smallest absolute Gasteiger partial charge is 0.302 e. The molecule has 0 N–H and O–H groups in total. The number of carbonyl (C=O) groups excluding carboxylic acids is 2. The van der Waals surface area contributed by atoms with Gasteiger partial charge < -0.3 is 4.74 Å². The summed E-state index contributed by atoms with van der Waals surface area (Å²) in [6, 6.07) is 4.43. The van der Waals surface area contributed by atoms with Gasteiger partial charge in [-0.15, -0.1) is 0 Å². The van der Waals surface area contributed by atoms with E-state index in [1.807, 2.05) is 0 Å². The fraction of sp³-hybridized carbons (Fsp3) is 0.600.